The molecule has 2 N–H and O–H groups in total. The Morgan fingerprint density at radius 1 is 1.23 bits per heavy atom. The van der Waals surface area contributed by atoms with Crippen molar-refractivity contribution in [2.75, 3.05) is 11.1 Å². The van der Waals surface area contributed by atoms with Crippen LogP contribution in [0.2, 0.25) is 0 Å². The molecule has 160 valence electrons. The lowest BCUT2D eigenvalue weighted by Gasteiger charge is -2.25. The molecule has 6 heteroatoms. The highest BCUT2D eigenvalue weighted by Crippen LogP contribution is 2.36. The molecule has 3 rings (SSSR count). The van der Waals surface area contributed by atoms with Gasteiger partial charge in [-0.2, -0.15) is 5.26 Å². The Morgan fingerprint density at radius 2 is 1.94 bits per heavy atom. The summed E-state index contributed by atoms with van der Waals surface area (Å²) in [6, 6.07) is 16.2. The van der Waals surface area contributed by atoms with Gasteiger partial charge in [-0.25, -0.2) is 0 Å². The Labute approximate surface area is 187 Å². The quantitative estimate of drug-likeness (QED) is 0.661. The van der Waals surface area contributed by atoms with Crippen molar-refractivity contribution in [1.82, 2.24) is 5.32 Å². The van der Waals surface area contributed by atoms with E-state index in [2.05, 4.69) is 30.6 Å². The van der Waals surface area contributed by atoms with E-state index in [1.807, 2.05) is 56.3 Å². The Morgan fingerprint density at radius 3 is 2.58 bits per heavy atom. The van der Waals surface area contributed by atoms with Crippen LogP contribution in [0.5, 0.6) is 0 Å². The SMILES string of the molecule is Cc1ccc(C)c(NC(=O)CSC2=C(C#N)[C@H](c3ccc(C(C)C)cc3)CC(=O)N2)c1. The summed E-state index contributed by atoms with van der Waals surface area (Å²) in [5, 5.41) is 16.0. The van der Waals surface area contributed by atoms with Crippen molar-refractivity contribution >= 4 is 29.3 Å². The fourth-order valence-electron chi connectivity index (χ4n) is 3.53. The van der Waals surface area contributed by atoms with Gasteiger partial charge in [0.1, 0.15) is 0 Å². The summed E-state index contributed by atoms with van der Waals surface area (Å²) >= 11 is 1.19. The third-order valence-electron chi connectivity index (χ3n) is 5.38. The van der Waals surface area contributed by atoms with Crippen LogP contribution < -0.4 is 10.6 Å². The van der Waals surface area contributed by atoms with Gasteiger partial charge in [-0.3, -0.25) is 9.59 Å². The second-order valence-electron chi connectivity index (χ2n) is 8.14. The van der Waals surface area contributed by atoms with Gasteiger partial charge in [0, 0.05) is 18.0 Å². The molecule has 0 spiro atoms. The molecule has 0 saturated carbocycles. The molecule has 31 heavy (non-hydrogen) atoms. The van der Waals surface area contributed by atoms with Gasteiger partial charge >= 0.3 is 0 Å². The van der Waals surface area contributed by atoms with Crippen molar-refractivity contribution in [3.63, 3.8) is 0 Å². The van der Waals surface area contributed by atoms with E-state index >= 15 is 0 Å². The summed E-state index contributed by atoms with van der Waals surface area (Å²) < 4.78 is 0. The Balaban J connectivity index is 1.76. The lowest BCUT2D eigenvalue weighted by Crippen LogP contribution is -2.31. The Bertz CT molecular complexity index is 1070. The molecule has 0 unspecified atom stereocenters. The molecule has 1 heterocycles. The number of carbonyl (C=O) groups excluding carboxylic acids is 2. The number of aryl methyl sites for hydroxylation is 2. The van der Waals surface area contributed by atoms with Gasteiger partial charge in [0.05, 0.1) is 22.4 Å². The number of carbonyl (C=O) groups is 2. The van der Waals surface area contributed by atoms with Crippen LogP contribution in [0.1, 0.15) is 54.4 Å². The van der Waals surface area contributed by atoms with Crippen molar-refractivity contribution in [3.05, 3.63) is 75.3 Å². The Hall–Kier alpha value is -3.04. The first-order valence-electron chi connectivity index (χ1n) is 10.3. The summed E-state index contributed by atoms with van der Waals surface area (Å²) in [6.07, 6.45) is 0.225. The smallest absolute Gasteiger partial charge is 0.234 e. The Kier molecular flexibility index (Phi) is 7.19. The molecule has 0 radical (unpaired) electrons. The maximum atomic E-state index is 12.5. The molecule has 2 aromatic rings. The lowest BCUT2D eigenvalue weighted by atomic mass is 9.86. The van der Waals surface area contributed by atoms with Gasteiger partial charge in [-0.15, -0.1) is 0 Å². The monoisotopic (exact) mass is 433 g/mol. The number of anilines is 1. The van der Waals surface area contributed by atoms with Gasteiger partial charge in [0.15, 0.2) is 0 Å². The van der Waals surface area contributed by atoms with Gasteiger partial charge in [0.2, 0.25) is 11.8 Å². The number of rotatable bonds is 6. The minimum Gasteiger partial charge on any atom is -0.325 e. The highest BCUT2D eigenvalue weighted by molar-refractivity contribution is 8.03. The molecular formula is C25H27N3O2S. The largest absolute Gasteiger partial charge is 0.325 e. The predicted octanol–water partition coefficient (Wildman–Crippen LogP) is 5.14. The van der Waals surface area contributed by atoms with Crippen molar-refractivity contribution < 1.29 is 9.59 Å². The van der Waals surface area contributed by atoms with E-state index in [0.29, 0.717) is 16.5 Å². The zero-order valence-electron chi connectivity index (χ0n) is 18.3. The zero-order valence-corrected chi connectivity index (χ0v) is 19.1. The number of nitrogens with zero attached hydrogens (tertiary/aromatic N) is 1. The molecule has 0 bridgehead atoms. The van der Waals surface area contributed by atoms with E-state index in [1.165, 1.54) is 17.3 Å². The lowest BCUT2D eigenvalue weighted by molar-refractivity contribution is -0.121. The predicted molar refractivity (Wildman–Crippen MR) is 126 cm³/mol. The summed E-state index contributed by atoms with van der Waals surface area (Å²) in [7, 11) is 0. The number of thioether (sulfide) groups is 1. The van der Waals surface area contributed by atoms with E-state index in [1.54, 1.807) is 0 Å². The van der Waals surface area contributed by atoms with E-state index in [4.69, 9.17) is 0 Å². The zero-order chi connectivity index (χ0) is 22.5. The number of allylic oxidation sites excluding steroid dienone is 1. The number of nitrogens with one attached hydrogen (secondary N) is 2. The van der Waals surface area contributed by atoms with Crippen LogP contribution in [0.25, 0.3) is 0 Å². The van der Waals surface area contributed by atoms with Crippen LogP contribution in [0, 0.1) is 25.2 Å². The molecule has 0 aromatic heterocycles. The van der Waals surface area contributed by atoms with Crippen LogP contribution in [-0.2, 0) is 9.59 Å². The van der Waals surface area contributed by atoms with E-state index < -0.39 is 0 Å². The third-order valence-corrected chi connectivity index (χ3v) is 6.39. The van der Waals surface area contributed by atoms with E-state index in [-0.39, 0.29) is 29.9 Å². The summed E-state index contributed by atoms with van der Waals surface area (Å²) in [5.74, 6) is -0.107. The second kappa shape index (κ2) is 9.84. The number of nitriles is 1. The summed E-state index contributed by atoms with van der Waals surface area (Å²) in [4.78, 5) is 24.8. The fraction of sp³-hybridized carbons (Fsp3) is 0.320. The molecule has 0 fully saturated rings. The fourth-order valence-corrected chi connectivity index (χ4v) is 4.40. The van der Waals surface area contributed by atoms with Crippen LogP contribution >= 0.6 is 11.8 Å². The van der Waals surface area contributed by atoms with Gasteiger partial charge in [-0.1, -0.05) is 62.0 Å². The van der Waals surface area contributed by atoms with E-state index in [9.17, 15) is 14.9 Å². The maximum Gasteiger partial charge on any atom is 0.234 e. The van der Waals surface area contributed by atoms with E-state index in [0.717, 1.165) is 22.4 Å². The van der Waals surface area contributed by atoms with Gasteiger partial charge in [0.25, 0.3) is 0 Å². The second-order valence-corrected chi connectivity index (χ2v) is 9.12. The minimum absolute atomic E-state index is 0.104. The molecule has 2 amide bonds. The first-order chi connectivity index (χ1) is 14.8. The van der Waals surface area contributed by atoms with Crippen LogP contribution in [0.4, 0.5) is 5.69 Å². The average Bonchev–Trinajstić information content (AvgIpc) is 2.74. The van der Waals surface area contributed by atoms with Gasteiger partial charge < -0.3 is 10.6 Å². The molecule has 5 nitrogen and oxygen atoms in total. The first kappa shape index (κ1) is 22.6. The van der Waals surface area contributed by atoms with Crippen molar-refractivity contribution in [1.29, 1.82) is 5.26 Å². The van der Waals surface area contributed by atoms with Crippen molar-refractivity contribution in [3.8, 4) is 6.07 Å². The third kappa shape index (κ3) is 5.56. The number of amides is 2. The molecule has 2 aromatic carbocycles. The van der Waals surface area contributed by atoms with Crippen LogP contribution in [-0.4, -0.2) is 17.6 Å². The van der Waals surface area contributed by atoms with Crippen molar-refractivity contribution in [2.24, 2.45) is 0 Å². The summed E-state index contributed by atoms with van der Waals surface area (Å²) in [6.45, 7) is 8.16. The molecule has 1 aliphatic rings. The molecular weight excluding hydrogens is 406 g/mol. The van der Waals surface area contributed by atoms with Crippen LogP contribution in [0.15, 0.2) is 53.1 Å². The molecule has 0 saturated heterocycles. The number of hydrogen-bond donors (Lipinski definition) is 2. The highest BCUT2D eigenvalue weighted by atomic mass is 32.2. The average molecular weight is 434 g/mol. The topological polar surface area (TPSA) is 82.0 Å². The normalized spacial score (nSPS) is 16.1. The minimum atomic E-state index is -0.301. The number of hydrogen-bond acceptors (Lipinski definition) is 4. The maximum absolute atomic E-state index is 12.5. The first-order valence-corrected chi connectivity index (χ1v) is 11.3. The highest BCUT2D eigenvalue weighted by Gasteiger charge is 2.30. The molecule has 1 aliphatic heterocycles. The molecule has 1 atom stereocenters. The van der Waals surface area contributed by atoms with Crippen LogP contribution in [0.3, 0.4) is 0 Å². The molecule has 0 aliphatic carbocycles. The summed E-state index contributed by atoms with van der Waals surface area (Å²) in [5.41, 5.74) is 5.47. The van der Waals surface area contributed by atoms with Crippen molar-refractivity contribution in [2.45, 2.75) is 46.0 Å². The number of benzene rings is 2. The standard InChI is InChI=1S/C25H27N3O2S/c1-15(2)18-7-9-19(10-8-18)20-12-23(29)28-25(21(20)13-26)31-14-24(30)27-22-11-16(3)5-6-17(22)4/h5-11,15,20H,12,14H2,1-4H3,(H,27,30)(H,28,29)/t20-/m0/s1. The van der Waals surface area contributed by atoms with Gasteiger partial charge in [-0.05, 0) is 48.1 Å².